The van der Waals surface area contributed by atoms with E-state index in [9.17, 15) is 18.0 Å². The van der Waals surface area contributed by atoms with Crippen LogP contribution in [0.1, 0.15) is 44.9 Å². The molecule has 2 aliphatic rings. The normalized spacial score (nSPS) is 19.8. The van der Waals surface area contributed by atoms with Crippen molar-refractivity contribution in [3.05, 3.63) is 24.3 Å². The van der Waals surface area contributed by atoms with E-state index in [-0.39, 0.29) is 35.5 Å². The van der Waals surface area contributed by atoms with Crippen molar-refractivity contribution < 1.29 is 22.7 Å². The van der Waals surface area contributed by atoms with Crippen LogP contribution in [0.4, 0.5) is 16.2 Å². The molecule has 9 heteroatoms. The number of nitrogens with one attached hydrogen (secondary N) is 3. The predicted molar refractivity (Wildman–Crippen MR) is 112 cm³/mol. The Morgan fingerprint density at radius 2 is 1.62 bits per heavy atom. The minimum absolute atomic E-state index is 0.0511. The minimum Gasteiger partial charge on any atom is -0.376 e. The SMILES string of the molecule is O=C(CCS(=O)(=O)C1CCCC1)Nc1ccc(NC(=O)NC[C@@H]2CCCO2)cc1. The number of ether oxygens (including phenoxy) is 1. The van der Waals surface area contributed by atoms with Gasteiger partial charge in [-0.3, -0.25) is 4.79 Å². The molecule has 1 aromatic rings. The molecule has 1 saturated carbocycles. The van der Waals surface area contributed by atoms with Crippen LogP contribution in [0.5, 0.6) is 0 Å². The molecular formula is C20H29N3O5S. The van der Waals surface area contributed by atoms with E-state index in [0.717, 1.165) is 32.3 Å². The molecule has 3 N–H and O–H groups in total. The number of carbonyl (C=O) groups excluding carboxylic acids is 2. The Morgan fingerprint density at radius 1 is 0.966 bits per heavy atom. The molecule has 1 aromatic carbocycles. The van der Waals surface area contributed by atoms with Crippen LogP contribution in [0.2, 0.25) is 0 Å². The Labute approximate surface area is 171 Å². The fraction of sp³-hybridized carbons (Fsp3) is 0.600. The molecule has 0 aromatic heterocycles. The standard InChI is InChI=1S/C20H29N3O5S/c24-19(11-13-29(26,27)18-5-1-2-6-18)22-15-7-9-16(10-8-15)23-20(25)21-14-17-4-3-12-28-17/h7-10,17-18H,1-6,11-14H2,(H,22,24)(H2,21,23,25)/t17-/m0/s1. The quantitative estimate of drug-likeness (QED) is 0.595. The maximum Gasteiger partial charge on any atom is 0.319 e. The van der Waals surface area contributed by atoms with Crippen LogP contribution in [0.25, 0.3) is 0 Å². The van der Waals surface area contributed by atoms with Crippen molar-refractivity contribution >= 4 is 33.2 Å². The van der Waals surface area contributed by atoms with Crippen molar-refractivity contribution in [2.24, 2.45) is 0 Å². The lowest BCUT2D eigenvalue weighted by Crippen LogP contribution is -2.35. The molecule has 29 heavy (non-hydrogen) atoms. The van der Waals surface area contributed by atoms with Crippen LogP contribution in [0.3, 0.4) is 0 Å². The second-order valence-electron chi connectivity index (χ2n) is 7.62. The highest BCUT2D eigenvalue weighted by Gasteiger charge is 2.28. The molecule has 1 aliphatic carbocycles. The molecule has 1 heterocycles. The largest absolute Gasteiger partial charge is 0.376 e. The lowest BCUT2D eigenvalue weighted by molar-refractivity contribution is -0.115. The Balaban J connectivity index is 1.40. The molecule has 8 nitrogen and oxygen atoms in total. The average Bonchev–Trinajstić information content (AvgIpc) is 3.41. The third-order valence-corrected chi connectivity index (χ3v) is 7.62. The van der Waals surface area contributed by atoms with Gasteiger partial charge in [0.2, 0.25) is 5.91 Å². The summed E-state index contributed by atoms with van der Waals surface area (Å²) in [5.41, 5.74) is 1.15. The number of rotatable bonds is 8. The first-order valence-electron chi connectivity index (χ1n) is 10.2. The van der Waals surface area contributed by atoms with Crippen LogP contribution >= 0.6 is 0 Å². The molecule has 3 rings (SSSR count). The van der Waals surface area contributed by atoms with Crippen LogP contribution in [-0.2, 0) is 19.4 Å². The second kappa shape index (κ2) is 10.1. The highest BCUT2D eigenvalue weighted by atomic mass is 32.2. The summed E-state index contributed by atoms with van der Waals surface area (Å²) in [6.07, 6.45) is 5.32. The van der Waals surface area contributed by atoms with E-state index in [1.54, 1.807) is 24.3 Å². The van der Waals surface area contributed by atoms with Gasteiger partial charge in [-0.1, -0.05) is 12.8 Å². The molecule has 1 saturated heterocycles. The minimum atomic E-state index is -3.20. The molecule has 3 amide bonds. The van der Waals surface area contributed by atoms with Crippen molar-refractivity contribution in [3.8, 4) is 0 Å². The first kappa shape index (κ1) is 21.6. The zero-order valence-electron chi connectivity index (χ0n) is 16.5. The number of urea groups is 1. The number of benzene rings is 1. The summed E-state index contributed by atoms with van der Waals surface area (Å²) in [5.74, 6) is -0.449. The van der Waals surface area contributed by atoms with Gasteiger partial charge in [0.05, 0.1) is 17.1 Å². The molecular weight excluding hydrogens is 394 g/mol. The van der Waals surface area contributed by atoms with E-state index in [1.807, 2.05) is 0 Å². The van der Waals surface area contributed by atoms with Gasteiger partial charge in [0.1, 0.15) is 0 Å². The Bertz CT molecular complexity index is 798. The Hall–Kier alpha value is -2.13. The molecule has 0 radical (unpaired) electrons. The smallest absolute Gasteiger partial charge is 0.319 e. The Kier molecular flexibility index (Phi) is 7.49. The van der Waals surface area contributed by atoms with Gasteiger partial charge in [-0.25, -0.2) is 13.2 Å². The molecule has 160 valence electrons. The van der Waals surface area contributed by atoms with Crippen LogP contribution < -0.4 is 16.0 Å². The molecule has 1 atom stereocenters. The van der Waals surface area contributed by atoms with Gasteiger partial charge in [-0.05, 0) is 49.9 Å². The molecule has 2 fully saturated rings. The fourth-order valence-corrected chi connectivity index (χ4v) is 5.55. The fourth-order valence-electron chi connectivity index (χ4n) is 3.70. The van der Waals surface area contributed by atoms with Gasteiger partial charge < -0.3 is 20.7 Å². The van der Waals surface area contributed by atoms with E-state index in [1.165, 1.54) is 0 Å². The first-order valence-corrected chi connectivity index (χ1v) is 11.9. The summed E-state index contributed by atoms with van der Waals surface area (Å²) >= 11 is 0. The molecule has 0 spiro atoms. The topological polar surface area (TPSA) is 114 Å². The summed E-state index contributed by atoms with van der Waals surface area (Å²) < 4.78 is 29.9. The second-order valence-corrected chi connectivity index (χ2v) is 10.0. The van der Waals surface area contributed by atoms with Crippen LogP contribution in [0.15, 0.2) is 24.3 Å². The van der Waals surface area contributed by atoms with E-state index in [2.05, 4.69) is 16.0 Å². The van der Waals surface area contributed by atoms with E-state index >= 15 is 0 Å². The van der Waals surface area contributed by atoms with E-state index in [4.69, 9.17) is 4.74 Å². The molecule has 0 bridgehead atoms. The van der Waals surface area contributed by atoms with Crippen LogP contribution in [0, 0.1) is 0 Å². The lowest BCUT2D eigenvalue weighted by atomic mass is 10.2. The number of hydrogen-bond donors (Lipinski definition) is 3. The summed E-state index contributed by atoms with van der Waals surface area (Å²) in [7, 11) is -3.20. The van der Waals surface area contributed by atoms with Gasteiger partial charge in [0.25, 0.3) is 0 Å². The van der Waals surface area contributed by atoms with Crippen LogP contribution in [-0.4, -0.2) is 50.6 Å². The first-order chi connectivity index (χ1) is 13.9. The Morgan fingerprint density at radius 3 is 2.24 bits per heavy atom. The number of sulfone groups is 1. The zero-order valence-corrected chi connectivity index (χ0v) is 17.3. The summed E-state index contributed by atoms with van der Waals surface area (Å²) in [6, 6.07) is 6.37. The number of hydrogen-bond acceptors (Lipinski definition) is 5. The summed E-state index contributed by atoms with van der Waals surface area (Å²) in [5, 5.41) is 7.91. The zero-order chi connectivity index (χ0) is 20.7. The average molecular weight is 424 g/mol. The summed E-state index contributed by atoms with van der Waals surface area (Å²) in [6.45, 7) is 1.22. The summed E-state index contributed by atoms with van der Waals surface area (Å²) in [4.78, 5) is 24.0. The van der Waals surface area contributed by atoms with Gasteiger partial charge in [-0.2, -0.15) is 0 Å². The number of amides is 3. The van der Waals surface area contributed by atoms with Crippen molar-refractivity contribution in [2.45, 2.75) is 56.3 Å². The third-order valence-electron chi connectivity index (χ3n) is 5.36. The lowest BCUT2D eigenvalue weighted by Gasteiger charge is -2.12. The third kappa shape index (κ3) is 6.71. The highest BCUT2D eigenvalue weighted by molar-refractivity contribution is 7.92. The monoisotopic (exact) mass is 423 g/mol. The van der Waals surface area contributed by atoms with Gasteiger partial charge >= 0.3 is 6.03 Å². The molecule has 0 unspecified atom stereocenters. The highest BCUT2D eigenvalue weighted by Crippen LogP contribution is 2.25. The van der Waals surface area contributed by atoms with Crippen molar-refractivity contribution in [1.82, 2.24) is 5.32 Å². The predicted octanol–water partition coefficient (Wildman–Crippen LogP) is 2.67. The van der Waals surface area contributed by atoms with E-state index in [0.29, 0.717) is 30.8 Å². The van der Waals surface area contributed by atoms with E-state index < -0.39 is 9.84 Å². The van der Waals surface area contributed by atoms with Crippen molar-refractivity contribution in [2.75, 3.05) is 29.5 Å². The number of carbonyl (C=O) groups is 2. The number of anilines is 2. The van der Waals surface area contributed by atoms with Crippen molar-refractivity contribution in [3.63, 3.8) is 0 Å². The van der Waals surface area contributed by atoms with Gasteiger partial charge in [-0.15, -0.1) is 0 Å². The maximum atomic E-state index is 12.2. The molecule has 1 aliphatic heterocycles. The maximum absolute atomic E-state index is 12.2. The van der Waals surface area contributed by atoms with Gasteiger partial charge in [0, 0.05) is 30.9 Å². The van der Waals surface area contributed by atoms with Gasteiger partial charge in [0.15, 0.2) is 9.84 Å². The van der Waals surface area contributed by atoms with Crippen molar-refractivity contribution in [1.29, 1.82) is 0 Å².